The monoisotopic (exact) mass is 394 g/mol. The van der Waals surface area contributed by atoms with E-state index in [1.165, 1.54) is 6.08 Å². The van der Waals surface area contributed by atoms with Gasteiger partial charge in [0.2, 0.25) is 0 Å². The van der Waals surface area contributed by atoms with Crippen molar-refractivity contribution < 1.29 is 23.8 Å². The molecule has 0 aromatic heterocycles. The summed E-state index contributed by atoms with van der Waals surface area (Å²) in [6.45, 7) is 2.87. The molecule has 0 fully saturated rings. The lowest BCUT2D eigenvalue weighted by atomic mass is 10.1. The highest BCUT2D eigenvalue weighted by Crippen LogP contribution is 2.17. The number of methoxy groups -OCH3 is 1. The molecule has 7 nitrogen and oxygen atoms in total. The molecular weight excluding hydrogens is 372 g/mol. The maximum atomic E-state index is 12.4. The van der Waals surface area contributed by atoms with Gasteiger partial charge in [-0.05, 0) is 55.0 Å². The summed E-state index contributed by atoms with van der Waals surface area (Å²) >= 11 is 0. The first-order chi connectivity index (χ1) is 14.1. The number of nitrogens with zero attached hydrogens (tertiary/aromatic N) is 1. The molecule has 0 radical (unpaired) electrons. The van der Waals surface area contributed by atoms with Crippen molar-refractivity contribution in [3.8, 4) is 11.8 Å². The fourth-order valence-electron chi connectivity index (χ4n) is 2.35. The first-order valence-corrected chi connectivity index (χ1v) is 8.99. The molecule has 7 heteroatoms. The van der Waals surface area contributed by atoms with Crippen LogP contribution in [0.3, 0.4) is 0 Å². The smallest absolute Gasteiger partial charge is 0.338 e. The molecule has 0 aliphatic heterocycles. The van der Waals surface area contributed by atoms with Crippen LogP contribution in [0.1, 0.15) is 22.8 Å². The number of hydrogen-bond acceptors (Lipinski definition) is 6. The summed E-state index contributed by atoms with van der Waals surface area (Å²) in [7, 11) is 1.59. The third-order valence-electron chi connectivity index (χ3n) is 3.74. The Kier molecular flexibility index (Phi) is 8.42. The predicted octanol–water partition coefficient (Wildman–Crippen LogP) is 3.43. The van der Waals surface area contributed by atoms with Crippen LogP contribution in [0.25, 0.3) is 6.08 Å². The van der Waals surface area contributed by atoms with E-state index >= 15 is 0 Å². The Balaban J connectivity index is 2.07. The minimum absolute atomic E-state index is 0.0616. The Morgan fingerprint density at radius 2 is 1.90 bits per heavy atom. The zero-order valence-electron chi connectivity index (χ0n) is 16.3. The minimum Gasteiger partial charge on any atom is -0.491 e. The number of carbonyl (C=O) groups excluding carboxylic acids is 2. The molecule has 0 aliphatic carbocycles. The van der Waals surface area contributed by atoms with Crippen molar-refractivity contribution in [1.29, 1.82) is 5.26 Å². The van der Waals surface area contributed by atoms with Crippen LogP contribution in [0, 0.1) is 11.3 Å². The molecule has 0 unspecified atom stereocenters. The summed E-state index contributed by atoms with van der Waals surface area (Å²) in [5.74, 6) is -0.374. The predicted molar refractivity (Wildman–Crippen MR) is 108 cm³/mol. The van der Waals surface area contributed by atoms with E-state index in [1.54, 1.807) is 62.6 Å². The third-order valence-corrected chi connectivity index (χ3v) is 3.74. The van der Waals surface area contributed by atoms with Gasteiger partial charge in [0.15, 0.2) is 0 Å². The standard InChI is InChI=1S/C22H22N2O5/c1-3-28-22(26)17-7-9-19(10-8-17)24-21(25)18(15-23)13-16-5-4-6-20(14-16)29-12-11-27-2/h4-10,13-14H,3,11-12H2,1-2H3,(H,24,25)/b18-13+. The van der Waals surface area contributed by atoms with E-state index in [-0.39, 0.29) is 12.2 Å². The maximum absolute atomic E-state index is 12.4. The molecule has 0 atom stereocenters. The number of nitrogens with one attached hydrogen (secondary N) is 1. The second kappa shape index (κ2) is 11.3. The Morgan fingerprint density at radius 1 is 1.14 bits per heavy atom. The number of carbonyl (C=O) groups is 2. The lowest BCUT2D eigenvalue weighted by Crippen LogP contribution is -2.13. The third kappa shape index (κ3) is 6.79. The Bertz CT molecular complexity index is 914. The molecule has 1 amide bonds. The average molecular weight is 394 g/mol. The molecule has 0 saturated heterocycles. The van der Waals surface area contributed by atoms with Crippen LogP contribution < -0.4 is 10.1 Å². The molecule has 0 bridgehead atoms. The van der Waals surface area contributed by atoms with Gasteiger partial charge >= 0.3 is 5.97 Å². The van der Waals surface area contributed by atoms with Crippen LogP contribution in [0.5, 0.6) is 5.75 Å². The molecule has 2 rings (SSSR count). The van der Waals surface area contributed by atoms with Crippen molar-refractivity contribution in [2.45, 2.75) is 6.92 Å². The summed E-state index contributed by atoms with van der Waals surface area (Å²) in [6.07, 6.45) is 1.48. The number of esters is 1. The second-order valence-corrected chi connectivity index (χ2v) is 5.84. The van der Waals surface area contributed by atoms with Gasteiger partial charge in [0.05, 0.1) is 18.8 Å². The van der Waals surface area contributed by atoms with Crippen molar-refractivity contribution in [2.24, 2.45) is 0 Å². The molecular formula is C22H22N2O5. The first-order valence-electron chi connectivity index (χ1n) is 8.99. The van der Waals surface area contributed by atoms with E-state index in [0.717, 1.165) is 0 Å². The van der Waals surface area contributed by atoms with Crippen LogP contribution in [0.15, 0.2) is 54.1 Å². The summed E-state index contributed by atoms with van der Waals surface area (Å²) < 4.78 is 15.4. The van der Waals surface area contributed by atoms with Crippen molar-refractivity contribution in [2.75, 3.05) is 32.2 Å². The van der Waals surface area contributed by atoms with Gasteiger partial charge in [0.25, 0.3) is 5.91 Å². The average Bonchev–Trinajstić information content (AvgIpc) is 2.73. The fraction of sp³-hybridized carbons (Fsp3) is 0.227. The van der Waals surface area contributed by atoms with Gasteiger partial charge in [0.1, 0.15) is 24.0 Å². The van der Waals surface area contributed by atoms with E-state index < -0.39 is 11.9 Å². The van der Waals surface area contributed by atoms with E-state index in [2.05, 4.69) is 5.32 Å². The Morgan fingerprint density at radius 3 is 2.55 bits per heavy atom. The summed E-state index contributed by atoms with van der Waals surface area (Å²) in [5.41, 5.74) is 1.44. The van der Waals surface area contributed by atoms with Gasteiger partial charge in [0, 0.05) is 12.8 Å². The zero-order valence-corrected chi connectivity index (χ0v) is 16.3. The molecule has 0 spiro atoms. The number of ether oxygens (including phenoxy) is 3. The number of anilines is 1. The number of rotatable bonds is 9. The van der Waals surface area contributed by atoms with E-state index in [0.29, 0.717) is 35.8 Å². The van der Waals surface area contributed by atoms with E-state index in [1.807, 2.05) is 6.07 Å². The van der Waals surface area contributed by atoms with Gasteiger partial charge in [-0.2, -0.15) is 5.26 Å². The van der Waals surface area contributed by atoms with Crippen LogP contribution in [-0.2, 0) is 14.3 Å². The lowest BCUT2D eigenvalue weighted by Gasteiger charge is -2.07. The lowest BCUT2D eigenvalue weighted by molar-refractivity contribution is -0.112. The Labute approximate surface area is 169 Å². The highest BCUT2D eigenvalue weighted by molar-refractivity contribution is 6.09. The number of nitriles is 1. The molecule has 1 N–H and O–H groups in total. The Hall–Kier alpha value is -3.63. The van der Waals surface area contributed by atoms with Gasteiger partial charge in [-0.15, -0.1) is 0 Å². The number of benzene rings is 2. The molecule has 150 valence electrons. The first kappa shape index (κ1) is 21.7. The largest absolute Gasteiger partial charge is 0.491 e. The SMILES string of the molecule is CCOC(=O)c1ccc(NC(=O)/C(C#N)=C/c2cccc(OCCOC)c2)cc1. The van der Waals surface area contributed by atoms with Gasteiger partial charge in [-0.3, -0.25) is 4.79 Å². The molecule has 0 heterocycles. The van der Waals surface area contributed by atoms with Crippen molar-refractivity contribution >= 4 is 23.6 Å². The topological polar surface area (TPSA) is 97.7 Å². The van der Waals surface area contributed by atoms with Crippen LogP contribution >= 0.6 is 0 Å². The van der Waals surface area contributed by atoms with Crippen LogP contribution in [0.2, 0.25) is 0 Å². The molecule has 2 aromatic rings. The van der Waals surface area contributed by atoms with Crippen molar-refractivity contribution in [3.63, 3.8) is 0 Å². The van der Waals surface area contributed by atoms with E-state index in [4.69, 9.17) is 14.2 Å². The highest BCUT2D eigenvalue weighted by atomic mass is 16.5. The molecule has 29 heavy (non-hydrogen) atoms. The minimum atomic E-state index is -0.554. The van der Waals surface area contributed by atoms with Crippen LogP contribution in [-0.4, -0.2) is 38.8 Å². The number of amides is 1. The summed E-state index contributed by atoms with van der Waals surface area (Å²) in [6, 6.07) is 15.2. The van der Waals surface area contributed by atoms with Gasteiger partial charge < -0.3 is 19.5 Å². The fourth-order valence-corrected chi connectivity index (χ4v) is 2.35. The molecule has 2 aromatic carbocycles. The quantitative estimate of drug-likeness (QED) is 0.303. The van der Waals surface area contributed by atoms with E-state index in [9.17, 15) is 14.9 Å². The molecule has 0 saturated carbocycles. The zero-order chi connectivity index (χ0) is 21.1. The van der Waals surface area contributed by atoms with Crippen molar-refractivity contribution in [1.82, 2.24) is 0 Å². The maximum Gasteiger partial charge on any atom is 0.338 e. The number of hydrogen-bond donors (Lipinski definition) is 1. The van der Waals surface area contributed by atoms with Crippen LogP contribution in [0.4, 0.5) is 5.69 Å². The van der Waals surface area contributed by atoms with Crippen molar-refractivity contribution in [3.05, 3.63) is 65.2 Å². The highest BCUT2D eigenvalue weighted by Gasteiger charge is 2.11. The summed E-state index contributed by atoms with van der Waals surface area (Å²) in [4.78, 5) is 24.1. The van der Waals surface area contributed by atoms with Gasteiger partial charge in [-0.25, -0.2) is 4.79 Å². The second-order valence-electron chi connectivity index (χ2n) is 5.84. The summed E-state index contributed by atoms with van der Waals surface area (Å²) in [5, 5.41) is 12.0. The molecule has 0 aliphatic rings. The normalized spacial score (nSPS) is 10.7. The van der Waals surface area contributed by atoms with Gasteiger partial charge in [-0.1, -0.05) is 12.1 Å².